The molecule has 2 saturated heterocycles. The molecule has 21 heavy (non-hydrogen) atoms. The summed E-state index contributed by atoms with van der Waals surface area (Å²) in [5, 5.41) is 3.58. The van der Waals surface area contributed by atoms with Gasteiger partial charge in [-0.1, -0.05) is 34.1 Å². The molecule has 0 radical (unpaired) electrons. The lowest BCUT2D eigenvalue weighted by Gasteiger charge is -2.35. The van der Waals surface area contributed by atoms with Crippen LogP contribution >= 0.6 is 0 Å². The number of amides is 1. The average molecular weight is 314 g/mol. The first-order valence-corrected chi connectivity index (χ1v) is 9.86. The molecule has 1 N–H and O–H groups in total. The van der Waals surface area contributed by atoms with Gasteiger partial charge in [0.25, 0.3) is 0 Å². The van der Waals surface area contributed by atoms with Gasteiger partial charge in [-0.05, 0) is 31.1 Å². The van der Waals surface area contributed by atoms with Gasteiger partial charge >= 0.3 is 0 Å². The van der Waals surface area contributed by atoms with E-state index in [0.29, 0.717) is 11.8 Å². The molecule has 4 nitrogen and oxygen atoms in total. The SMILES string of the molecule is CCC(C)C1NC(CC(C)C)N(C2CCS(=O)CC2)C1=O. The van der Waals surface area contributed by atoms with Crippen LogP contribution in [0.1, 0.15) is 53.4 Å². The first-order chi connectivity index (χ1) is 9.93. The van der Waals surface area contributed by atoms with Gasteiger partial charge < -0.3 is 4.90 Å². The molecule has 0 saturated carbocycles. The van der Waals surface area contributed by atoms with Crippen molar-refractivity contribution >= 4 is 16.7 Å². The van der Waals surface area contributed by atoms with Gasteiger partial charge in [-0.15, -0.1) is 0 Å². The van der Waals surface area contributed by atoms with E-state index in [4.69, 9.17) is 0 Å². The van der Waals surface area contributed by atoms with Gasteiger partial charge in [0.2, 0.25) is 5.91 Å². The molecule has 5 heteroatoms. The smallest absolute Gasteiger partial charge is 0.241 e. The molecule has 3 atom stereocenters. The second-order valence-corrected chi connectivity index (χ2v) is 8.70. The third-order valence-electron chi connectivity index (χ3n) is 4.89. The molecule has 122 valence electrons. The fraction of sp³-hybridized carbons (Fsp3) is 0.938. The summed E-state index contributed by atoms with van der Waals surface area (Å²) in [5.41, 5.74) is 0. The van der Waals surface area contributed by atoms with Crippen molar-refractivity contribution in [2.45, 2.75) is 71.6 Å². The molecule has 0 spiro atoms. The van der Waals surface area contributed by atoms with Crippen molar-refractivity contribution in [2.75, 3.05) is 11.5 Å². The Balaban J connectivity index is 2.13. The molecule has 2 aliphatic heterocycles. The third-order valence-corrected chi connectivity index (χ3v) is 6.27. The number of carbonyl (C=O) groups is 1. The summed E-state index contributed by atoms with van der Waals surface area (Å²) in [6.45, 7) is 8.71. The minimum absolute atomic E-state index is 0.0360. The van der Waals surface area contributed by atoms with Gasteiger partial charge in [0.1, 0.15) is 0 Å². The van der Waals surface area contributed by atoms with Crippen LogP contribution < -0.4 is 5.32 Å². The van der Waals surface area contributed by atoms with E-state index in [1.165, 1.54) is 0 Å². The first kappa shape index (κ1) is 16.9. The van der Waals surface area contributed by atoms with Crippen LogP contribution in [-0.4, -0.2) is 44.8 Å². The number of rotatable bonds is 5. The van der Waals surface area contributed by atoms with E-state index in [1.807, 2.05) is 0 Å². The molecule has 2 rings (SSSR count). The second kappa shape index (κ2) is 7.23. The molecular weight excluding hydrogens is 284 g/mol. The van der Waals surface area contributed by atoms with Gasteiger partial charge in [-0.2, -0.15) is 0 Å². The van der Waals surface area contributed by atoms with E-state index in [1.54, 1.807) is 0 Å². The second-order valence-electron chi connectivity index (χ2n) is 7.00. The van der Waals surface area contributed by atoms with E-state index < -0.39 is 10.8 Å². The molecule has 3 unspecified atom stereocenters. The van der Waals surface area contributed by atoms with E-state index in [9.17, 15) is 9.00 Å². The van der Waals surface area contributed by atoms with Crippen LogP contribution in [0.15, 0.2) is 0 Å². The minimum atomic E-state index is -0.672. The molecule has 0 aromatic rings. The summed E-state index contributed by atoms with van der Waals surface area (Å²) in [6.07, 6.45) is 3.95. The highest BCUT2D eigenvalue weighted by Gasteiger charge is 2.44. The lowest BCUT2D eigenvalue weighted by molar-refractivity contribution is -0.133. The van der Waals surface area contributed by atoms with Crippen LogP contribution in [0.2, 0.25) is 0 Å². The van der Waals surface area contributed by atoms with Gasteiger partial charge in [0.15, 0.2) is 0 Å². The Morgan fingerprint density at radius 2 is 1.90 bits per heavy atom. The largest absolute Gasteiger partial charge is 0.323 e. The Kier molecular flexibility index (Phi) is 5.83. The highest BCUT2D eigenvalue weighted by molar-refractivity contribution is 7.85. The molecule has 0 aromatic heterocycles. The molecule has 0 aliphatic carbocycles. The van der Waals surface area contributed by atoms with Crippen molar-refractivity contribution in [3.8, 4) is 0 Å². The van der Waals surface area contributed by atoms with E-state index in [2.05, 4.69) is 37.9 Å². The Labute approximate surface area is 131 Å². The first-order valence-electron chi connectivity index (χ1n) is 8.37. The third kappa shape index (κ3) is 3.86. The summed E-state index contributed by atoms with van der Waals surface area (Å²) >= 11 is 0. The van der Waals surface area contributed by atoms with Crippen molar-refractivity contribution < 1.29 is 9.00 Å². The quantitative estimate of drug-likeness (QED) is 0.845. The maximum atomic E-state index is 12.9. The van der Waals surface area contributed by atoms with Crippen molar-refractivity contribution in [1.29, 1.82) is 0 Å². The molecule has 0 bridgehead atoms. The van der Waals surface area contributed by atoms with Gasteiger partial charge in [0, 0.05) is 28.3 Å². The average Bonchev–Trinajstić information content (AvgIpc) is 2.75. The van der Waals surface area contributed by atoms with E-state index in [-0.39, 0.29) is 24.2 Å². The maximum absolute atomic E-state index is 12.9. The van der Waals surface area contributed by atoms with Gasteiger partial charge in [0.05, 0.1) is 12.2 Å². The Morgan fingerprint density at radius 1 is 1.29 bits per heavy atom. The molecule has 2 aliphatic rings. The van der Waals surface area contributed by atoms with Crippen molar-refractivity contribution in [3.63, 3.8) is 0 Å². The summed E-state index contributed by atoms with van der Waals surface area (Å²) in [6, 6.07) is 0.242. The van der Waals surface area contributed by atoms with Gasteiger partial charge in [-0.3, -0.25) is 14.3 Å². The maximum Gasteiger partial charge on any atom is 0.241 e. The van der Waals surface area contributed by atoms with Crippen molar-refractivity contribution in [2.24, 2.45) is 11.8 Å². The number of nitrogens with zero attached hydrogens (tertiary/aromatic N) is 1. The number of carbonyl (C=O) groups excluding carboxylic acids is 1. The Morgan fingerprint density at radius 3 is 2.43 bits per heavy atom. The lowest BCUT2D eigenvalue weighted by atomic mass is 9.99. The highest BCUT2D eigenvalue weighted by Crippen LogP contribution is 2.28. The number of nitrogens with one attached hydrogen (secondary N) is 1. The van der Waals surface area contributed by atoms with Crippen LogP contribution in [0, 0.1) is 11.8 Å². The summed E-state index contributed by atoms with van der Waals surface area (Å²) in [7, 11) is -0.672. The monoisotopic (exact) mass is 314 g/mol. The zero-order chi connectivity index (χ0) is 15.6. The highest BCUT2D eigenvalue weighted by atomic mass is 32.2. The summed E-state index contributed by atoms with van der Waals surface area (Å²) in [5.74, 6) is 2.70. The summed E-state index contributed by atoms with van der Waals surface area (Å²) < 4.78 is 11.6. The fourth-order valence-electron chi connectivity index (χ4n) is 3.44. The van der Waals surface area contributed by atoms with Crippen LogP contribution in [0.25, 0.3) is 0 Å². The Bertz CT molecular complexity index is 390. The fourth-order valence-corrected chi connectivity index (χ4v) is 4.71. The standard InChI is InChI=1S/C16H30N2O2S/c1-5-12(4)15-16(19)18(14(17-15)10-11(2)3)13-6-8-21(20)9-7-13/h11-15,17H,5-10H2,1-4H3. The molecule has 2 heterocycles. The Hall–Kier alpha value is -0.420. The lowest BCUT2D eigenvalue weighted by Crippen LogP contribution is -2.47. The molecule has 0 aromatic carbocycles. The van der Waals surface area contributed by atoms with Crippen molar-refractivity contribution in [1.82, 2.24) is 10.2 Å². The zero-order valence-electron chi connectivity index (χ0n) is 13.8. The zero-order valence-corrected chi connectivity index (χ0v) is 14.6. The van der Waals surface area contributed by atoms with Crippen LogP contribution in [0.4, 0.5) is 0 Å². The van der Waals surface area contributed by atoms with Crippen molar-refractivity contribution in [3.05, 3.63) is 0 Å². The molecular formula is C16H30N2O2S. The molecule has 1 amide bonds. The van der Waals surface area contributed by atoms with E-state index in [0.717, 1.165) is 37.2 Å². The summed E-state index contributed by atoms with van der Waals surface area (Å²) in [4.78, 5) is 15.0. The number of hydrogen-bond acceptors (Lipinski definition) is 3. The topological polar surface area (TPSA) is 49.4 Å². The number of hydrogen-bond donors (Lipinski definition) is 1. The van der Waals surface area contributed by atoms with E-state index >= 15 is 0 Å². The van der Waals surface area contributed by atoms with Crippen LogP contribution in [0.3, 0.4) is 0 Å². The predicted molar refractivity (Wildman–Crippen MR) is 87.4 cm³/mol. The normalized spacial score (nSPS) is 35.5. The van der Waals surface area contributed by atoms with Gasteiger partial charge in [-0.25, -0.2) is 0 Å². The molecule has 2 fully saturated rings. The van der Waals surface area contributed by atoms with Crippen LogP contribution in [-0.2, 0) is 15.6 Å². The predicted octanol–water partition coefficient (Wildman–Crippen LogP) is 2.12. The van der Waals surface area contributed by atoms with Crippen LogP contribution in [0.5, 0.6) is 0 Å². The minimum Gasteiger partial charge on any atom is -0.323 e.